The number of carbonyl (C=O) groups is 1. The average molecular weight is 527 g/mol. The summed E-state index contributed by atoms with van der Waals surface area (Å²) in [7, 11) is -1.65. The van der Waals surface area contributed by atoms with Crippen molar-refractivity contribution < 1.29 is 27.3 Å². The number of aromatic nitrogens is 2. The second-order valence-electron chi connectivity index (χ2n) is 8.12. The first kappa shape index (κ1) is 24.5. The zero-order valence-corrected chi connectivity index (χ0v) is 20.2. The van der Waals surface area contributed by atoms with Gasteiger partial charge in [0.2, 0.25) is 5.91 Å². The second-order valence-corrected chi connectivity index (χ2v) is 9.18. The van der Waals surface area contributed by atoms with E-state index in [-0.39, 0.29) is 18.0 Å². The minimum absolute atomic E-state index is 0.140. The number of alkyl halides is 2. The van der Waals surface area contributed by atoms with Crippen LogP contribution < -0.4 is 25.1 Å². The molecule has 2 heterocycles. The van der Waals surface area contributed by atoms with E-state index in [0.717, 1.165) is 4.68 Å². The maximum atomic E-state index is 13.4. The predicted molar refractivity (Wildman–Crippen MR) is 133 cm³/mol. The number of rotatable bonds is 6. The molecule has 1 aromatic heterocycles. The van der Waals surface area contributed by atoms with Gasteiger partial charge in [0, 0.05) is 29.2 Å². The Balaban J connectivity index is 1.51. The normalized spacial score (nSPS) is 14.5. The van der Waals surface area contributed by atoms with Gasteiger partial charge in [-0.05, 0) is 37.3 Å². The number of nitrogens with two attached hydrogens (primary N) is 1. The van der Waals surface area contributed by atoms with E-state index < -0.39 is 35.3 Å². The summed E-state index contributed by atoms with van der Waals surface area (Å²) >= 11 is 0. The summed E-state index contributed by atoms with van der Waals surface area (Å²) in [6.07, 6.45) is -3.78. The summed E-state index contributed by atoms with van der Waals surface area (Å²) in [4.78, 5) is 28.3. The van der Waals surface area contributed by atoms with Crippen molar-refractivity contribution in [3.8, 4) is 22.8 Å². The van der Waals surface area contributed by atoms with Crippen molar-refractivity contribution in [2.24, 2.45) is 5.14 Å². The Kier molecular flexibility index (Phi) is 6.21. The Morgan fingerprint density at radius 2 is 1.73 bits per heavy atom. The standard InChI is InChI=1S/C25H20F2N4O5S/c1-2-30(16-9-12-20-21(13-16)36-25(26,27)35-20)22(32)14-31-24(33)19-6-4-3-5-18(19)23(29-31)15-7-10-17(11-8-15)37(28)34/h3-13H,2,14,28H2,1H3. The number of anilines is 1. The van der Waals surface area contributed by atoms with Gasteiger partial charge >= 0.3 is 6.29 Å². The highest BCUT2D eigenvalue weighted by atomic mass is 32.2. The van der Waals surface area contributed by atoms with E-state index in [1.54, 1.807) is 55.5 Å². The molecular weight excluding hydrogens is 506 g/mol. The van der Waals surface area contributed by atoms with Crippen molar-refractivity contribution >= 4 is 33.4 Å². The van der Waals surface area contributed by atoms with Gasteiger partial charge in [0.25, 0.3) is 5.56 Å². The van der Waals surface area contributed by atoms with Gasteiger partial charge in [-0.15, -0.1) is 8.78 Å². The van der Waals surface area contributed by atoms with E-state index in [0.29, 0.717) is 32.6 Å². The molecule has 5 rings (SSSR count). The maximum Gasteiger partial charge on any atom is 0.586 e. The second kappa shape index (κ2) is 9.37. The van der Waals surface area contributed by atoms with E-state index in [1.807, 2.05) is 0 Å². The molecule has 1 unspecified atom stereocenters. The minimum atomic E-state index is -3.78. The first-order chi connectivity index (χ1) is 17.7. The number of nitrogens with zero attached hydrogens (tertiary/aromatic N) is 3. The minimum Gasteiger partial charge on any atom is -0.395 e. The van der Waals surface area contributed by atoms with E-state index >= 15 is 0 Å². The molecule has 190 valence electrons. The summed E-state index contributed by atoms with van der Waals surface area (Å²) in [5, 5.41) is 10.9. The monoisotopic (exact) mass is 526 g/mol. The molecule has 2 N–H and O–H groups in total. The van der Waals surface area contributed by atoms with Crippen molar-refractivity contribution in [3.63, 3.8) is 0 Å². The number of likely N-dealkylation sites (N-methyl/N-ethyl adjacent to an activating group) is 1. The van der Waals surface area contributed by atoms with Crippen molar-refractivity contribution in [2.75, 3.05) is 11.4 Å². The lowest BCUT2D eigenvalue weighted by atomic mass is 10.1. The molecule has 0 saturated heterocycles. The van der Waals surface area contributed by atoms with Crippen LogP contribution >= 0.6 is 0 Å². The first-order valence-corrected chi connectivity index (χ1v) is 12.3. The molecule has 1 amide bonds. The van der Waals surface area contributed by atoms with Crippen molar-refractivity contribution in [1.29, 1.82) is 0 Å². The number of amides is 1. The number of hydrogen-bond acceptors (Lipinski definition) is 6. The molecule has 0 radical (unpaired) electrons. The quantitative estimate of drug-likeness (QED) is 0.412. The number of ether oxygens (including phenoxy) is 2. The Morgan fingerprint density at radius 3 is 2.41 bits per heavy atom. The van der Waals surface area contributed by atoms with Gasteiger partial charge < -0.3 is 14.4 Å². The lowest BCUT2D eigenvalue weighted by molar-refractivity contribution is -0.286. The molecule has 4 aromatic rings. The number of benzene rings is 3. The molecule has 12 heteroatoms. The molecule has 0 fully saturated rings. The number of halogens is 2. The van der Waals surface area contributed by atoms with Crippen molar-refractivity contribution in [2.45, 2.75) is 24.7 Å². The average Bonchev–Trinajstić information content (AvgIpc) is 3.19. The summed E-state index contributed by atoms with van der Waals surface area (Å²) in [6.45, 7) is 1.50. The van der Waals surface area contributed by atoms with Crippen LogP contribution in [0.5, 0.6) is 11.5 Å². The molecular formula is C25H20F2N4O5S. The van der Waals surface area contributed by atoms with Gasteiger partial charge in [-0.25, -0.2) is 14.0 Å². The Morgan fingerprint density at radius 1 is 1.05 bits per heavy atom. The third-order valence-corrected chi connectivity index (χ3v) is 6.56. The van der Waals surface area contributed by atoms with Gasteiger partial charge in [0.1, 0.15) is 17.5 Å². The summed E-state index contributed by atoms with van der Waals surface area (Å²) in [6, 6.07) is 17.5. The molecule has 1 aliphatic heterocycles. The molecule has 0 bridgehead atoms. The topological polar surface area (TPSA) is 117 Å². The largest absolute Gasteiger partial charge is 0.586 e. The van der Waals surface area contributed by atoms with Crippen LogP contribution in [0, 0.1) is 0 Å². The van der Waals surface area contributed by atoms with Crippen LogP contribution in [0.4, 0.5) is 14.5 Å². The maximum absolute atomic E-state index is 13.4. The van der Waals surface area contributed by atoms with E-state index in [1.165, 1.54) is 23.1 Å². The number of fused-ring (bicyclic) bond motifs is 2. The van der Waals surface area contributed by atoms with Gasteiger partial charge in [0.15, 0.2) is 11.5 Å². The van der Waals surface area contributed by atoms with E-state index in [9.17, 15) is 22.6 Å². The van der Waals surface area contributed by atoms with Crippen LogP contribution in [-0.2, 0) is 22.3 Å². The predicted octanol–water partition coefficient (Wildman–Crippen LogP) is 3.42. The lowest BCUT2D eigenvalue weighted by Crippen LogP contribution is -2.37. The molecule has 0 saturated carbocycles. The molecule has 1 atom stereocenters. The summed E-state index contributed by atoms with van der Waals surface area (Å²) in [5.41, 5.74) is 0.919. The first-order valence-electron chi connectivity index (χ1n) is 11.1. The SMILES string of the molecule is CCN(C(=O)Cn1nc(-c2ccc(S(N)=O)cc2)c2ccccc2c1=O)c1ccc2c(c1)OC(F)(F)O2. The highest BCUT2D eigenvalue weighted by Gasteiger charge is 2.43. The molecule has 3 aromatic carbocycles. The van der Waals surface area contributed by atoms with Crippen LogP contribution in [0.3, 0.4) is 0 Å². The molecule has 0 spiro atoms. The van der Waals surface area contributed by atoms with Gasteiger partial charge in [-0.2, -0.15) is 5.10 Å². The molecule has 37 heavy (non-hydrogen) atoms. The van der Waals surface area contributed by atoms with E-state index in [4.69, 9.17) is 5.14 Å². The Labute approximate surface area is 211 Å². The zero-order chi connectivity index (χ0) is 26.3. The molecule has 0 aliphatic carbocycles. The van der Waals surface area contributed by atoms with Crippen LogP contribution in [-0.4, -0.2) is 32.7 Å². The van der Waals surface area contributed by atoms with Crippen LogP contribution in [0.1, 0.15) is 6.92 Å². The zero-order valence-electron chi connectivity index (χ0n) is 19.4. The molecule has 9 nitrogen and oxygen atoms in total. The smallest absolute Gasteiger partial charge is 0.395 e. The fourth-order valence-corrected chi connectivity index (χ4v) is 4.53. The number of hydrogen-bond donors (Lipinski definition) is 1. The van der Waals surface area contributed by atoms with E-state index in [2.05, 4.69) is 14.6 Å². The van der Waals surface area contributed by atoms with Crippen molar-refractivity contribution in [1.82, 2.24) is 9.78 Å². The molecule has 1 aliphatic rings. The van der Waals surface area contributed by atoms with Crippen molar-refractivity contribution in [3.05, 3.63) is 77.1 Å². The Bertz CT molecular complexity index is 1610. The van der Waals surface area contributed by atoms with Gasteiger partial charge in [-0.3, -0.25) is 9.59 Å². The third kappa shape index (κ3) is 4.68. The summed E-state index contributed by atoms with van der Waals surface area (Å²) < 4.78 is 48.4. The summed E-state index contributed by atoms with van der Waals surface area (Å²) in [5.74, 6) is -0.824. The third-order valence-electron chi connectivity index (χ3n) is 5.83. The fraction of sp³-hybridized carbons (Fsp3) is 0.160. The Hall–Kier alpha value is -4.16. The van der Waals surface area contributed by atoms with Crippen LogP contribution in [0.2, 0.25) is 0 Å². The van der Waals surface area contributed by atoms with Crippen LogP contribution in [0.15, 0.2) is 76.4 Å². The fourth-order valence-electron chi connectivity index (χ4n) is 4.12. The number of carbonyl (C=O) groups excluding carboxylic acids is 1. The highest BCUT2D eigenvalue weighted by molar-refractivity contribution is 7.82. The highest BCUT2D eigenvalue weighted by Crippen LogP contribution is 2.42. The van der Waals surface area contributed by atoms with Gasteiger partial charge in [-0.1, -0.05) is 30.3 Å². The van der Waals surface area contributed by atoms with Crippen LogP contribution in [0.25, 0.3) is 22.0 Å². The lowest BCUT2D eigenvalue weighted by Gasteiger charge is -2.22. The van der Waals surface area contributed by atoms with Gasteiger partial charge in [0.05, 0.1) is 16.0 Å².